The second-order valence-corrected chi connectivity index (χ2v) is 2.79. The predicted molar refractivity (Wildman–Crippen MR) is 44.7 cm³/mol. The third kappa shape index (κ3) is 2.56. The fraction of sp³-hybridized carbons (Fsp3) is 0.556. The Morgan fingerprint density at radius 3 is 3.08 bits per heavy atom. The first-order valence-electron chi connectivity index (χ1n) is 4.05. The summed E-state index contributed by atoms with van der Waals surface area (Å²) >= 11 is 0. The first kappa shape index (κ1) is 9.75. The molecule has 1 unspecified atom stereocenters. The Morgan fingerprint density at radius 2 is 2.62 bits per heavy atom. The fourth-order valence-corrected chi connectivity index (χ4v) is 1.20. The van der Waals surface area contributed by atoms with Crippen LogP contribution in [0.3, 0.4) is 0 Å². The van der Waals surface area contributed by atoms with Gasteiger partial charge in [-0.15, -0.1) is 0 Å². The van der Waals surface area contributed by atoms with Crippen molar-refractivity contribution < 1.29 is 14.3 Å². The second-order valence-electron chi connectivity index (χ2n) is 2.79. The minimum atomic E-state index is -0.458. The number of carbonyl (C=O) groups excluding carboxylic acids is 1. The van der Waals surface area contributed by atoms with Gasteiger partial charge in [0, 0.05) is 6.08 Å². The smallest absolute Gasteiger partial charge is 0.334 e. The minimum absolute atomic E-state index is 0.337. The molecule has 0 aliphatic carbocycles. The van der Waals surface area contributed by atoms with Gasteiger partial charge in [0.05, 0.1) is 19.8 Å². The molecule has 0 spiro atoms. The van der Waals surface area contributed by atoms with Gasteiger partial charge in [-0.2, -0.15) is 5.26 Å². The highest BCUT2D eigenvalue weighted by molar-refractivity contribution is 5.74. The van der Waals surface area contributed by atoms with Gasteiger partial charge in [0.25, 0.3) is 0 Å². The van der Waals surface area contributed by atoms with E-state index in [1.54, 1.807) is 0 Å². The third-order valence-electron chi connectivity index (χ3n) is 1.93. The van der Waals surface area contributed by atoms with E-state index >= 15 is 0 Å². The highest BCUT2D eigenvalue weighted by atomic mass is 16.6. The van der Waals surface area contributed by atoms with Crippen LogP contribution in [0.15, 0.2) is 11.6 Å². The molecule has 70 valence electrons. The van der Waals surface area contributed by atoms with Crippen LogP contribution in [0.5, 0.6) is 0 Å². The van der Waals surface area contributed by atoms with Crippen molar-refractivity contribution in [2.75, 3.05) is 13.7 Å². The Hall–Kier alpha value is -1.34. The van der Waals surface area contributed by atoms with E-state index in [4.69, 9.17) is 10.00 Å². The molecule has 1 aliphatic rings. The van der Waals surface area contributed by atoms with E-state index in [0.29, 0.717) is 13.0 Å². The number of esters is 1. The Morgan fingerprint density at radius 1 is 1.85 bits per heavy atom. The van der Waals surface area contributed by atoms with E-state index in [0.717, 1.165) is 12.0 Å². The number of nitriles is 1. The average Bonchev–Trinajstić information content (AvgIpc) is 2.18. The Labute approximate surface area is 76.7 Å². The van der Waals surface area contributed by atoms with E-state index in [1.807, 2.05) is 6.07 Å². The summed E-state index contributed by atoms with van der Waals surface area (Å²) in [5.41, 5.74) is 0.933. The zero-order chi connectivity index (χ0) is 9.68. The van der Waals surface area contributed by atoms with Gasteiger partial charge >= 0.3 is 5.97 Å². The summed E-state index contributed by atoms with van der Waals surface area (Å²) in [5, 5.41) is 8.37. The van der Waals surface area contributed by atoms with Crippen molar-refractivity contribution in [2.45, 2.75) is 18.9 Å². The molecule has 0 amide bonds. The fourth-order valence-electron chi connectivity index (χ4n) is 1.20. The van der Waals surface area contributed by atoms with Gasteiger partial charge in [-0.05, 0) is 18.4 Å². The van der Waals surface area contributed by atoms with E-state index in [9.17, 15) is 4.79 Å². The molecule has 0 saturated carbocycles. The molecule has 4 heteroatoms. The van der Waals surface area contributed by atoms with Crippen LogP contribution in [0, 0.1) is 11.3 Å². The van der Waals surface area contributed by atoms with Crippen LogP contribution in [-0.4, -0.2) is 25.8 Å². The maximum atomic E-state index is 11.0. The van der Waals surface area contributed by atoms with Crippen LogP contribution in [0.2, 0.25) is 0 Å². The number of hydrogen-bond acceptors (Lipinski definition) is 4. The number of methoxy groups -OCH3 is 1. The van der Waals surface area contributed by atoms with Gasteiger partial charge in [0.2, 0.25) is 0 Å². The summed E-state index contributed by atoms with van der Waals surface area (Å²) in [6.45, 7) is 0.354. The molecular formula is C9H11NO3. The molecule has 1 heterocycles. The monoisotopic (exact) mass is 181 g/mol. The molecule has 0 radical (unpaired) electrons. The van der Waals surface area contributed by atoms with Crippen molar-refractivity contribution in [1.82, 2.24) is 0 Å². The SMILES string of the molecule is COC(=O)C1CCC(=CC#N)CO1. The summed E-state index contributed by atoms with van der Waals surface area (Å²) in [6.07, 6.45) is 2.34. The minimum Gasteiger partial charge on any atom is -0.467 e. The van der Waals surface area contributed by atoms with Crippen LogP contribution < -0.4 is 0 Å². The van der Waals surface area contributed by atoms with Gasteiger partial charge in [-0.25, -0.2) is 4.79 Å². The molecule has 1 rings (SSSR count). The first-order chi connectivity index (χ1) is 6.27. The average molecular weight is 181 g/mol. The number of nitrogens with zero attached hydrogens (tertiary/aromatic N) is 1. The molecule has 1 saturated heterocycles. The topological polar surface area (TPSA) is 59.3 Å². The summed E-state index contributed by atoms with van der Waals surface area (Å²) in [4.78, 5) is 11.0. The number of hydrogen-bond donors (Lipinski definition) is 0. The maximum Gasteiger partial charge on any atom is 0.334 e. The summed E-state index contributed by atoms with van der Waals surface area (Å²) in [5.74, 6) is -0.337. The lowest BCUT2D eigenvalue weighted by Crippen LogP contribution is -2.30. The number of carbonyl (C=O) groups is 1. The Kier molecular flexibility index (Phi) is 3.47. The molecule has 1 aliphatic heterocycles. The van der Waals surface area contributed by atoms with Crippen molar-refractivity contribution in [3.63, 3.8) is 0 Å². The Bertz CT molecular complexity index is 255. The Balaban J connectivity index is 2.44. The predicted octanol–water partition coefficient (Wildman–Crippen LogP) is 0.788. The molecule has 0 aromatic rings. The zero-order valence-electron chi connectivity index (χ0n) is 7.45. The number of allylic oxidation sites excluding steroid dienone is 1. The van der Waals surface area contributed by atoms with E-state index in [2.05, 4.69) is 4.74 Å². The lowest BCUT2D eigenvalue weighted by Gasteiger charge is -2.21. The highest BCUT2D eigenvalue weighted by Gasteiger charge is 2.24. The molecule has 0 bridgehead atoms. The molecule has 1 atom stereocenters. The largest absolute Gasteiger partial charge is 0.467 e. The normalized spacial score (nSPS) is 25.2. The van der Waals surface area contributed by atoms with Gasteiger partial charge in [-0.1, -0.05) is 0 Å². The first-order valence-corrected chi connectivity index (χ1v) is 4.05. The molecular weight excluding hydrogens is 170 g/mol. The van der Waals surface area contributed by atoms with Crippen molar-refractivity contribution in [2.24, 2.45) is 0 Å². The quantitative estimate of drug-likeness (QED) is 0.443. The van der Waals surface area contributed by atoms with Crippen LogP contribution >= 0.6 is 0 Å². The zero-order valence-corrected chi connectivity index (χ0v) is 7.45. The standard InChI is InChI=1S/C9H11NO3/c1-12-9(11)8-3-2-7(4-5-10)6-13-8/h4,8H,2-3,6H2,1H3. The van der Waals surface area contributed by atoms with Gasteiger partial charge in [-0.3, -0.25) is 0 Å². The van der Waals surface area contributed by atoms with Crippen LogP contribution in [0.25, 0.3) is 0 Å². The molecule has 0 aromatic carbocycles. The third-order valence-corrected chi connectivity index (χ3v) is 1.93. The lowest BCUT2D eigenvalue weighted by molar-refractivity contribution is -0.155. The van der Waals surface area contributed by atoms with E-state index in [-0.39, 0.29) is 5.97 Å². The van der Waals surface area contributed by atoms with E-state index in [1.165, 1.54) is 13.2 Å². The van der Waals surface area contributed by atoms with Gasteiger partial charge < -0.3 is 9.47 Å². The van der Waals surface area contributed by atoms with Gasteiger partial charge in [0.1, 0.15) is 0 Å². The summed E-state index contributed by atoms with van der Waals surface area (Å²) < 4.78 is 9.74. The van der Waals surface area contributed by atoms with Crippen molar-refractivity contribution in [3.8, 4) is 6.07 Å². The molecule has 4 nitrogen and oxygen atoms in total. The highest BCUT2D eigenvalue weighted by Crippen LogP contribution is 2.18. The molecule has 13 heavy (non-hydrogen) atoms. The van der Waals surface area contributed by atoms with Crippen LogP contribution in [0.4, 0.5) is 0 Å². The van der Waals surface area contributed by atoms with Crippen molar-refractivity contribution in [1.29, 1.82) is 5.26 Å². The lowest BCUT2D eigenvalue weighted by atomic mass is 10.0. The second kappa shape index (κ2) is 4.63. The maximum absolute atomic E-state index is 11.0. The number of ether oxygens (including phenoxy) is 2. The van der Waals surface area contributed by atoms with Gasteiger partial charge in [0.15, 0.2) is 6.10 Å². The van der Waals surface area contributed by atoms with Crippen LogP contribution in [0.1, 0.15) is 12.8 Å². The van der Waals surface area contributed by atoms with Crippen LogP contribution in [-0.2, 0) is 14.3 Å². The van der Waals surface area contributed by atoms with Crippen molar-refractivity contribution in [3.05, 3.63) is 11.6 Å². The summed E-state index contributed by atoms with van der Waals surface area (Å²) in [7, 11) is 1.34. The molecule has 0 N–H and O–H groups in total. The number of rotatable bonds is 1. The van der Waals surface area contributed by atoms with Crippen molar-refractivity contribution >= 4 is 5.97 Å². The van der Waals surface area contributed by atoms with E-state index < -0.39 is 6.10 Å². The molecule has 0 aromatic heterocycles. The summed E-state index contributed by atoms with van der Waals surface area (Å²) in [6, 6.07) is 1.94. The molecule has 1 fully saturated rings.